The van der Waals surface area contributed by atoms with Gasteiger partial charge in [-0.05, 0) is 129 Å². The van der Waals surface area contributed by atoms with Crippen LogP contribution in [0.3, 0.4) is 0 Å². The number of ether oxygens (including phenoxy) is 1. The first-order valence-electron chi connectivity index (χ1n) is 22.3. The molecule has 0 bridgehead atoms. The predicted octanol–water partition coefficient (Wildman–Crippen LogP) is 14.5. The number of unbranched alkanes of at least 4 members (excludes halogenated alkanes) is 13. The van der Waals surface area contributed by atoms with Gasteiger partial charge in [-0.1, -0.05) is 145 Å². The van der Waals surface area contributed by atoms with Crippen molar-refractivity contribution in [3.05, 3.63) is 0 Å². The Morgan fingerprint density at radius 3 is 1.85 bits per heavy atom. The zero-order valence-corrected chi connectivity index (χ0v) is 33.6. The second kappa shape index (κ2) is 19.9. The van der Waals surface area contributed by atoms with Gasteiger partial charge < -0.3 is 4.74 Å². The van der Waals surface area contributed by atoms with Gasteiger partial charge in [0.2, 0.25) is 0 Å². The molecule has 4 rings (SSSR count). The van der Waals surface area contributed by atoms with Crippen molar-refractivity contribution < 1.29 is 9.53 Å². The highest BCUT2D eigenvalue weighted by atomic mass is 16.5. The van der Waals surface area contributed by atoms with Crippen LogP contribution in [-0.4, -0.2) is 12.1 Å². The predicted molar refractivity (Wildman–Crippen MR) is 207 cm³/mol. The molecule has 4 aliphatic carbocycles. The fraction of sp³-hybridized carbons (Fsp3) is 0.978. The topological polar surface area (TPSA) is 26.3 Å². The van der Waals surface area contributed by atoms with E-state index in [0.29, 0.717) is 17.3 Å². The largest absolute Gasteiger partial charge is 0.462 e. The minimum atomic E-state index is 0.0921. The fourth-order valence-electron chi connectivity index (χ4n) is 12.7. The van der Waals surface area contributed by atoms with Crippen molar-refractivity contribution in [3.63, 3.8) is 0 Å². The van der Waals surface area contributed by atoms with Gasteiger partial charge in [-0.3, -0.25) is 4.79 Å². The molecule has 0 saturated heterocycles. The lowest BCUT2D eigenvalue weighted by atomic mass is 9.44. The normalized spacial score (nSPS) is 34.3. The average molecular weight is 669 g/mol. The van der Waals surface area contributed by atoms with Gasteiger partial charge in [0.05, 0.1) is 0 Å². The summed E-state index contributed by atoms with van der Waals surface area (Å²) in [7, 11) is 0. The number of hydrogen-bond donors (Lipinski definition) is 0. The van der Waals surface area contributed by atoms with E-state index in [4.69, 9.17) is 4.74 Å². The Kier molecular flexibility index (Phi) is 16.7. The molecule has 10 atom stereocenters. The lowest BCUT2D eigenvalue weighted by Crippen LogP contribution is -2.54. The number of hydrogen-bond acceptors (Lipinski definition) is 2. The van der Waals surface area contributed by atoms with E-state index < -0.39 is 0 Å². The molecule has 0 N–H and O–H groups in total. The Bertz CT molecular complexity index is 910. The third-order valence-corrected chi connectivity index (χ3v) is 15.9. The summed E-state index contributed by atoms with van der Waals surface area (Å²) in [4.78, 5) is 12.9. The van der Waals surface area contributed by atoms with Gasteiger partial charge >= 0.3 is 5.97 Å². The molecule has 0 aromatic carbocycles. The number of fused-ring (bicyclic) bond motifs is 5. The molecule has 4 aliphatic rings. The van der Waals surface area contributed by atoms with Crippen molar-refractivity contribution in [2.45, 2.75) is 228 Å². The van der Waals surface area contributed by atoms with E-state index in [1.165, 1.54) is 148 Å². The molecule has 0 aromatic rings. The molecular formula is C46H84O2. The van der Waals surface area contributed by atoms with E-state index in [0.717, 1.165) is 66.6 Å². The van der Waals surface area contributed by atoms with Gasteiger partial charge in [-0.2, -0.15) is 0 Å². The van der Waals surface area contributed by atoms with Crippen LogP contribution in [0.1, 0.15) is 222 Å². The van der Waals surface area contributed by atoms with Crippen molar-refractivity contribution in [1.82, 2.24) is 0 Å². The second-order valence-corrected chi connectivity index (χ2v) is 19.1. The molecule has 0 aromatic heterocycles. The van der Waals surface area contributed by atoms with Gasteiger partial charge in [-0.15, -0.1) is 0 Å². The third-order valence-electron chi connectivity index (χ3n) is 15.9. The average Bonchev–Trinajstić information content (AvgIpc) is 3.42. The maximum absolute atomic E-state index is 12.9. The van der Waals surface area contributed by atoms with Crippen LogP contribution in [-0.2, 0) is 9.53 Å². The highest BCUT2D eigenvalue weighted by molar-refractivity contribution is 5.69. The minimum absolute atomic E-state index is 0.0921. The van der Waals surface area contributed by atoms with Crippen LogP contribution in [0, 0.1) is 58.2 Å². The summed E-state index contributed by atoms with van der Waals surface area (Å²) < 4.78 is 6.18. The maximum Gasteiger partial charge on any atom is 0.306 e. The smallest absolute Gasteiger partial charge is 0.306 e. The highest BCUT2D eigenvalue weighted by Gasteiger charge is 2.60. The Balaban J connectivity index is 1.12. The highest BCUT2D eigenvalue weighted by Crippen LogP contribution is 2.68. The van der Waals surface area contributed by atoms with Crippen molar-refractivity contribution in [2.24, 2.45) is 58.2 Å². The zero-order chi connectivity index (χ0) is 34.6. The van der Waals surface area contributed by atoms with Crippen LogP contribution in [0.15, 0.2) is 0 Å². The summed E-state index contributed by atoms with van der Waals surface area (Å²) in [5, 5.41) is 0. The van der Waals surface area contributed by atoms with E-state index in [1.54, 1.807) is 0 Å². The first-order chi connectivity index (χ1) is 23.1. The molecule has 2 unspecified atom stereocenters. The van der Waals surface area contributed by atoms with Gasteiger partial charge in [-0.25, -0.2) is 0 Å². The summed E-state index contributed by atoms with van der Waals surface area (Å²) in [5.74, 6) is 7.20. The second-order valence-electron chi connectivity index (χ2n) is 19.1. The molecule has 2 nitrogen and oxygen atoms in total. The van der Waals surface area contributed by atoms with Crippen LogP contribution in [0.25, 0.3) is 0 Å². The Morgan fingerprint density at radius 1 is 0.667 bits per heavy atom. The summed E-state index contributed by atoms with van der Waals surface area (Å²) in [6, 6.07) is 0. The van der Waals surface area contributed by atoms with Crippen LogP contribution in [0.5, 0.6) is 0 Å². The van der Waals surface area contributed by atoms with Crippen molar-refractivity contribution in [3.8, 4) is 0 Å². The minimum Gasteiger partial charge on any atom is -0.462 e. The standard InChI is InChI=1S/C46H84O2/c1-8-10-11-12-13-14-15-16-17-18-19-20-21-22-23-44(47)48-39-30-32-45(6)38(34-39)26-27-40-42-29-28-41(46(42,7)33-31-43(40)45)36(5)24-25-37(9-2)35(3)4/h35-43H,8-34H2,1-7H3/t36-,37-,38?,39?,40+,41-,42+,43+,45+,46-/m1/s1. The SMILES string of the molecule is CCCCCCCCCCCCCCCCC(=O)OC1CC[C@@]2(C)C(CC[C@H]3[C@@H]4CC[C@H]([C@H](C)CC[C@@H](CC)C(C)C)[C@@]4(C)CC[C@@H]32)C1. The van der Waals surface area contributed by atoms with Crippen molar-refractivity contribution in [1.29, 1.82) is 0 Å². The summed E-state index contributed by atoms with van der Waals surface area (Å²) in [6.45, 7) is 17.6. The lowest BCUT2D eigenvalue weighted by Gasteiger charge is -2.61. The van der Waals surface area contributed by atoms with E-state index in [-0.39, 0.29) is 12.1 Å². The lowest BCUT2D eigenvalue weighted by molar-refractivity contribution is -0.162. The molecule has 4 fully saturated rings. The number of carbonyl (C=O) groups is 1. The fourth-order valence-corrected chi connectivity index (χ4v) is 12.7. The van der Waals surface area contributed by atoms with Crippen LogP contribution in [0.2, 0.25) is 0 Å². The molecule has 48 heavy (non-hydrogen) atoms. The number of carbonyl (C=O) groups excluding carboxylic acids is 1. The van der Waals surface area contributed by atoms with Crippen molar-refractivity contribution in [2.75, 3.05) is 0 Å². The van der Waals surface area contributed by atoms with Crippen LogP contribution < -0.4 is 0 Å². The van der Waals surface area contributed by atoms with Gasteiger partial charge in [0.15, 0.2) is 0 Å². The summed E-state index contributed by atoms with van der Waals surface area (Å²) in [6.07, 6.45) is 36.3. The Morgan fingerprint density at radius 2 is 1.25 bits per heavy atom. The van der Waals surface area contributed by atoms with E-state index in [2.05, 4.69) is 48.5 Å². The van der Waals surface area contributed by atoms with Crippen molar-refractivity contribution >= 4 is 5.97 Å². The molecule has 0 spiro atoms. The first-order valence-corrected chi connectivity index (χ1v) is 22.3. The van der Waals surface area contributed by atoms with Gasteiger partial charge in [0.25, 0.3) is 0 Å². The third kappa shape index (κ3) is 10.5. The van der Waals surface area contributed by atoms with E-state index in [9.17, 15) is 4.79 Å². The monoisotopic (exact) mass is 669 g/mol. The molecule has 4 saturated carbocycles. The Hall–Kier alpha value is -0.530. The number of esters is 1. The van der Waals surface area contributed by atoms with Gasteiger partial charge in [0.1, 0.15) is 6.10 Å². The summed E-state index contributed by atoms with van der Waals surface area (Å²) in [5.41, 5.74) is 1.04. The zero-order valence-electron chi connectivity index (χ0n) is 33.6. The molecular weight excluding hydrogens is 585 g/mol. The summed E-state index contributed by atoms with van der Waals surface area (Å²) >= 11 is 0. The Labute approximate surface area is 300 Å². The maximum atomic E-state index is 12.9. The van der Waals surface area contributed by atoms with E-state index >= 15 is 0 Å². The molecule has 2 heteroatoms. The number of rotatable bonds is 22. The van der Waals surface area contributed by atoms with Crippen LogP contribution >= 0.6 is 0 Å². The molecule has 0 heterocycles. The molecule has 0 radical (unpaired) electrons. The van der Waals surface area contributed by atoms with Crippen LogP contribution in [0.4, 0.5) is 0 Å². The molecule has 0 amide bonds. The quantitative estimate of drug-likeness (QED) is 0.0847. The van der Waals surface area contributed by atoms with Gasteiger partial charge in [0, 0.05) is 6.42 Å². The molecule has 280 valence electrons. The van der Waals surface area contributed by atoms with E-state index in [1.807, 2.05) is 0 Å². The first kappa shape index (κ1) is 40.2. The molecule has 0 aliphatic heterocycles.